The number of nitrogens with zero attached hydrogens (tertiary/aromatic N) is 1. The molecule has 0 saturated carbocycles. The number of carbonyl (C=O) groups excluding carboxylic acids is 1. The zero-order chi connectivity index (χ0) is 13.1. The molecule has 0 amide bonds. The Hall–Kier alpha value is -1.87. The van der Waals surface area contributed by atoms with Crippen LogP contribution in [0, 0.1) is 6.92 Å². The molecular formula is C14H12ClNO2. The van der Waals surface area contributed by atoms with E-state index >= 15 is 0 Å². The number of aryl methyl sites for hydroxylation is 1. The molecule has 0 radical (unpaired) electrons. The number of benzene rings is 1. The van der Waals surface area contributed by atoms with Crippen molar-refractivity contribution in [1.29, 1.82) is 0 Å². The van der Waals surface area contributed by atoms with E-state index in [0.29, 0.717) is 21.9 Å². The molecule has 3 nitrogen and oxygen atoms in total. The van der Waals surface area contributed by atoms with E-state index in [1.165, 1.54) is 7.11 Å². The number of halogens is 1. The smallest absolute Gasteiger partial charge is 0.194 e. The van der Waals surface area contributed by atoms with Gasteiger partial charge in [0.05, 0.1) is 12.1 Å². The Labute approximate surface area is 110 Å². The van der Waals surface area contributed by atoms with Gasteiger partial charge in [0.1, 0.15) is 5.75 Å². The molecule has 0 aliphatic carbocycles. The van der Waals surface area contributed by atoms with E-state index in [4.69, 9.17) is 16.3 Å². The van der Waals surface area contributed by atoms with Crippen LogP contribution >= 0.6 is 11.6 Å². The third-order valence-corrected chi connectivity index (χ3v) is 2.86. The van der Waals surface area contributed by atoms with Crippen LogP contribution in [0.5, 0.6) is 5.75 Å². The maximum absolute atomic E-state index is 12.2. The van der Waals surface area contributed by atoms with Crippen LogP contribution in [-0.2, 0) is 0 Å². The third-order valence-electron chi connectivity index (χ3n) is 2.55. The van der Waals surface area contributed by atoms with E-state index in [0.717, 1.165) is 5.56 Å². The van der Waals surface area contributed by atoms with Crippen molar-refractivity contribution in [3.63, 3.8) is 0 Å². The van der Waals surface area contributed by atoms with Gasteiger partial charge in [-0.05, 0) is 36.8 Å². The second kappa shape index (κ2) is 5.19. The summed E-state index contributed by atoms with van der Waals surface area (Å²) in [5.74, 6) is 0.393. The molecule has 0 unspecified atom stereocenters. The van der Waals surface area contributed by atoms with Crippen LogP contribution in [0.3, 0.4) is 0 Å². The highest BCUT2D eigenvalue weighted by atomic mass is 35.5. The Morgan fingerprint density at radius 2 is 2.00 bits per heavy atom. The van der Waals surface area contributed by atoms with Crippen LogP contribution in [0.4, 0.5) is 0 Å². The Morgan fingerprint density at radius 3 is 2.67 bits per heavy atom. The fraction of sp³-hybridized carbons (Fsp3) is 0.143. The Balaban J connectivity index is 2.40. The molecule has 92 valence electrons. The monoisotopic (exact) mass is 261 g/mol. The van der Waals surface area contributed by atoms with E-state index in [-0.39, 0.29) is 5.78 Å². The first-order valence-corrected chi connectivity index (χ1v) is 5.79. The maximum atomic E-state index is 12.2. The molecule has 0 aliphatic rings. The number of rotatable bonds is 3. The lowest BCUT2D eigenvalue weighted by Gasteiger charge is -2.06. The van der Waals surface area contributed by atoms with Gasteiger partial charge >= 0.3 is 0 Å². The van der Waals surface area contributed by atoms with Gasteiger partial charge in [-0.25, -0.2) is 0 Å². The molecule has 0 saturated heterocycles. The van der Waals surface area contributed by atoms with Crippen molar-refractivity contribution in [1.82, 2.24) is 4.98 Å². The van der Waals surface area contributed by atoms with Crippen molar-refractivity contribution in [3.05, 3.63) is 58.4 Å². The van der Waals surface area contributed by atoms with Crippen LogP contribution in [0.25, 0.3) is 0 Å². The predicted molar refractivity (Wildman–Crippen MR) is 70.4 cm³/mol. The number of ketones is 1. The zero-order valence-electron chi connectivity index (χ0n) is 10.1. The van der Waals surface area contributed by atoms with Crippen molar-refractivity contribution >= 4 is 17.4 Å². The summed E-state index contributed by atoms with van der Waals surface area (Å²) in [6.45, 7) is 1.90. The Bertz CT molecular complexity index is 596. The van der Waals surface area contributed by atoms with Crippen molar-refractivity contribution in [2.45, 2.75) is 6.92 Å². The van der Waals surface area contributed by atoms with Gasteiger partial charge in [-0.3, -0.25) is 9.78 Å². The van der Waals surface area contributed by atoms with Gasteiger partial charge in [-0.1, -0.05) is 11.6 Å². The molecule has 0 atom stereocenters. The van der Waals surface area contributed by atoms with Crippen LogP contribution in [0.2, 0.25) is 5.02 Å². The minimum Gasteiger partial charge on any atom is -0.495 e. The van der Waals surface area contributed by atoms with Gasteiger partial charge in [0.2, 0.25) is 0 Å². The lowest BCUT2D eigenvalue weighted by Crippen LogP contribution is -2.02. The molecule has 4 heteroatoms. The fourth-order valence-electron chi connectivity index (χ4n) is 1.65. The fourth-order valence-corrected chi connectivity index (χ4v) is 1.84. The number of methoxy groups -OCH3 is 1. The molecule has 2 aromatic rings. The van der Waals surface area contributed by atoms with Crippen molar-refractivity contribution in [2.24, 2.45) is 0 Å². The summed E-state index contributed by atoms with van der Waals surface area (Å²) in [5, 5.41) is 0.483. The van der Waals surface area contributed by atoms with Gasteiger partial charge in [-0.15, -0.1) is 0 Å². The van der Waals surface area contributed by atoms with Gasteiger partial charge in [0, 0.05) is 23.5 Å². The zero-order valence-corrected chi connectivity index (χ0v) is 10.9. The highest BCUT2D eigenvalue weighted by molar-refractivity contribution is 6.32. The number of hydrogen-bond donors (Lipinski definition) is 0. The number of carbonyl (C=O) groups is 1. The first-order chi connectivity index (χ1) is 8.61. The standard InChI is InChI=1S/C14H12ClNO2/c1-9-5-11(8-16-7-9)14(17)10-3-4-12(15)13(6-10)18-2/h3-8H,1-2H3. The van der Waals surface area contributed by atoms with Crippen LogP contribution in [0.15, 0.2) is 36.7 Å². The van der Waals surface area contributed by atoms with Crippen molar-refractivity contribution < 1.29 is 9.53 Å². The topological polar surface area (TPSA) is 39.2 Å². The normalized spacial score (nSPS) is 10.2. The maximum Gasteiger partial charge on any atom is 0.194 e. The van der Waals surface area contributed by atoms with E-state index in [1.807, 2.05) is 6.92 Å². The second-order valence-corrected chi connectivity index (χ2v) is 4.34. The Kier molecular flexibility index (Phi) is 3.63. The SMILES string of the molecule is COc1cc(C(=O)c2cncc(C)c2)ccc1Cl. The first kappa shape index (κ1) is 12.6. The Morgan fingerprint density at radius 1 is 1.22 bits per heavy atom. The average molecular weight is 262 g/mol. The molecular weight excluding hydrogens is 250 g/mol. The minimum absolute atomic E-state index is 0.0961. The summed E-state index contributed by atoms with van der Waals surface area (Å²) in [7, 11) is 1.52. The molecule has 0 N–H and O–H groups in total. The molecule has 0 fully saturated rings. The predicted octanol–water partition coefficient (Wildman–Crippen LogP) is 3.28. The summed E-state index contributed by atoms with van der Waals surface area (Å²) in [6.07, 6.45) is 3.26. The summed E-state index contributed by atoms with van der Waals surface area (Å²) in [4.78, 5) is 16.3. The second-order valence-electron chi connectivity index (χ2n) is 3.93. The summed E-state index contributed by atoms with van der Waals surface area (Å²) in [5.41, 5.74) is 2.03. The number of aromatic nitrogens is 1. The molecule has 1 aromatic carbocycles. The van der Waals surface area contributed by atoms with Crippen LogP contribution < -0.4 is 4.74 Å². The largest absolute Gasteiger partial charge is 0.495 e. The van der Waals surface area contributed by atoms with E-state index in [9.17, 15) is 4.79 Å². The van der Waals surface area contributed by atoms with E-state index < -0.39 is 0 Å². The molecule has 0 spiro atoms. The van der Waals surface area contributed by atoms with Gasteiger partial charge < -0.3 is 4.74 Å². The third kappa shape index (κ3) is 2.51. The molecule has 18 heavy (non-hydrogen) atoms. The number of ether oxygens (including phenoxy) is 1. The highest BCUT2D eigenvalue weighted by Crippen LogP contribution is 2.26. The van der Waals surface area contributed by atoms with Crippen molar-refractivity contribution in [2.75, 3.05) is 7.11 Å². The lowest BCUT2D eigenvalue weighted by molar-refractivity contribution is 0.103. The van der Waals surface area contributed by atoms with Crippen molar-refractivity contribution in [3.8, 4) is 5.75 Å². The van der Waals surface area contributed by atoms with Gasteiger partial charge in [0.15, 0.2) is 5.78 Å². The summed E-state index contributed by atoms with van der Waals surface area (Å²) < 4.78 is 5.10. The molecule has 1 aromatic heterocycles. The minimum atomic E-state index is -0.0961. The molecule has 2 rings (SSSR count). The van der Waals surface area contributed by atoms with E-state index in [2.05, 4.69) is 4.98 Å². The lowest BCUT2D eigenvalue weighted by atomic mass is 10.0. The number of pyridine rings is 1. The molecule has 1 heterocycles. The van der Waals surface area contributed by atoms with E-state index in [1.54, 1.807) is 36.7 Å². The summed E-state index contributed by atoms with van der Waals surface area (Å²) >= 11 is 5.92. The van der Waals surface area contributed by atoms with Gasteiger partial charge in [0.25, 0.3) is 0 Å². The van der Waals surface area contributed by atoms with Crippen LogP contribution in [0.1, 0.15) is 21.5 Å². The van der Waals surface area contributed by atoms with Crippen LogP contribution in [-0.4, -0.2) is 17.9 Å². The summed E-state index contributed by atoms with van der Waals surface area (Å²) in [6, 6.07) is 6.76. The molecule has 0 aliphatic heterocycles. The average Bonchev–Trinajstić information content (AvgIpc) is 2.38. The molecule has 0 bridgehead atoms. The highest BCUT2D eigenvalue weighted by Gasteiger charge is 2.12. The van der Waals surface area contributed by atoms with Gasteiger partial charge in [-0.2, -0.15) is 0 Å². The number of hydrogen-bond acceptors (Lipinski definition) is 3. The quantitative estimate of drug-likeness (QED) is 0.796. The first-order valence-electron chi connectivity index (χ1n) is 5.41.